The smallest absolute Gasteiger partial charge is 0.217 e. The van der Waals surface area contributed by atoms with E-state index in [0.717, 1.165) is 42.2 Å². The molecule has 3 rings (SSSR count). The second-order valence-electron chi connectivity index (χ2n) is 5.68. The van der Waals surface area contributed by atoms with Gasteiger partial charge in [0.15, 0.2) is 0 Å². The van der Waals surface area contributed by atoms with Crippen LogP contribution in [0.2, 0.25) is 0 Å². The summed E-state index contributed by atoms with van der Waals surface area (Å²) in [5.74, 6) is 0.971. The number of ether oxygens (including phenoxy) is 1. The third-order valence-electron chi connectivity index (χ3n) is 4.00. The maximum absolute atomic E-state index is 11.1. The second-order valence-corrected chi connectivity index (χ2v) is 5.68. The Kier molecular flexibility index (Phi) is 4.04. The highest BCUT2D eigenvalue weighted by Crippen LogP contribution is 2.26. The van der Waals surface area contributed by atoms with E-state index in [4.69, 9.17) is 4.74 Å². The van der Waals surface area contributed by atoms with Gasteiger partial charge in [0.2, 0.25) is 5.91 Å². The van der Waals surface area contributed by atoms with Crippen LogP contribution in [0.5, 0.6) is 5.75 Å². The summed E-state index contributed by atoms with van der Waals surface area (Å²) in [6.45, 7) is 1.58. The number of carbonyl (C=O) groups excluding carboxylic acids is 1. The Morgan fingerprint density at radius 1 is 1.19 bits per heavy atom. The van der Waals surface area contributed by atoms with E-state index in [1.54, 1.807) is 13.1 Å². The number of nitrogens with zero attached hydrogens (tertiary/aromatic N) is 1. The first-order valence-corrected chi connectivity index (χ1v) is 7.48. The van der Waals surface area contributed by atoms with Crippen LogP contribution >= 0.6 is 0 Å². The van der Waals surface area contributed by atoms with E-state index >= 15 is 0 Å². The second kappa shape index (κ2) is 6.12. The third kappa shape index (κ3) is 3.51. The average Bonchev–Trinajstić information content (AvgIpc) is 2.49. The van der Waals surface area contributed by atoms with Gasteiger partial charge in [0.25, 0.3) is 0 Å². The molecule has 1 heterocycles. The molecule has 0 saturated heterocycles. The highest BCUT2D eigenvalue weighted by atomic mass is 16.5. The lowest BCUT2D eigenvalue weighted by Gasteiger charge is -2.29. The van der Waals surface area contributed by atoms with Gasteiger partial charge in [-0.15, -0.1) is 0 Å². The van der Waals surface area contributed by atoms with Gasteiger partial charge in [0.1, 0.15) is 5.75 Å². The standard InChI is InChI=1S/C17H20N2O2/c1-12(20)19-15-3-6-16(7-4-15)21-17-5-2-14-11-18-9-8-13(14)10-17/h2,5,8-11,15-16H,3-4,6-7H2,1H3,(H,19,20)/t15-,16-. The summed E-state index contributed by atoms with van der Waals surface area (Å²) in [6.07, 6.45) is 7.85. The number of nitrogens with one attached hydrogen (secondary N) is 1. The number of hydrogen-bond donors (Lipinski definition) is 1. The Hall–Kier alpha value is -2.10. The summed E-state index contributed by atoms with van der Waals surface area (Å²) < 4.78 is 6.08. The normalized spacial score (nSPS) is 22.0. The number of amides is 1. The molecule has 4 heteroatoms. The van der Waals surface area contributed by atoms with Gasteiger partial charge >= 0.3 is 0 Å². The van der Waals surface area contributed by atoms with Gasteiger partial charge in [0.05, 0.1) is 6.10 Å². The topological polar surface area (TPSA) is 51.2 Å². The summed E-state index contributed by atoms with van der Waals surface area (Å²) >= 11 is 0. The number of pyridine rings is 1. The maximum Gasteiger partial charge on any atom is 0.217 e. The predicted octanol–water partition coefficient (Wildman–Crippen LogP) is 3.06. The number of carbonyl (C=O) groups is 1. The van der Waals surface area contributed by atoms with Crippen LogP contribution in [-0.4, -0.2) is 23.0 Å². The lowest BCUT2D eigenvalue weighted by Crippen LogP contribution is -2.38. The molecule has 0 unspecified atom stereocenters. The molecule has 21 heavy (non-hydrogen) atoms. The zero-order valence-electron chi connectivity index (χ0n) is 12.2. The molecule has 0 radical (unpaired) electrons. The Labute approximate surface area is 124 Å². The number of fused-ring (bicyclic) bond motifs is 1. The van der Waals surface area contributed by atoms with E-state index < -0.39 is 0 Å². The van der Waals surface area contributed by atoms with Gasteiger partial charge in [-0.05, 0) is 55.3 Å². The first-order valence-electron chi connectivity index (χ1n) is 7.48. The van der Waals surface area contributed by atoms with Crippen molar-refractivity contribution in [1.29, 1.82) is 0 Å². The van der Waals surface area contributed by atoms with Gasteiger partial charge in [-0.25, -0.2) is 0 Å². The molecule has 1 aliphatic carbocycles. The van der Waals surface area contributed by atoms with Crippen molar-refractivity contribution in [2.75, 3.05) is 0 Å². The van der Waals surface area contributed by atoms with Crippen molar-refractivity contribution in [3.05, 3.63) is 36.7 Å². The molecular formula is C17H20N2O2. The molecule has 1 fully saturated rings. The van der Waals surface area contributed by atoms with Gasteiger partial charge in [-0.3, -0.25) is 9.78 Å². The monoisotopic (exact) mass is 284 g/mol. The number of benzene rings is 1. The lowest BCUT2D eigenvalue weighted by molar-refractivity contribution is -0.120. The molecule has 1 aromatic carbocycles. The van der Waals surface area contributed by atoms with Crippen molar-refractivity contribution in [3.8, 4) is 5.75 Å². The summed E-state index contributed by atoms with van der Waals surface area (Å²) in [4.78, 5) is 15.2. The average molecular weight is 284 g/mol. The zero-order chi connectivity index (χ0) is 14.7. The Balaban J connectivity index is 1.60. The number of rotatable bonds is 3. The van der Waals surface area contributed by atoms with Crippen LogP contribution < -0.4 is 10.1 Å². The van der Waals surface area contributed by atoms with E-state index in [2.05, 4.69) is 16.4 Å². The fraction of sp³-hybridized carbons (Fsp3) is 0.412. The number of aromatic nitrogens is 1. The quantitative estimate of drug-likeness (QED) is 0.942. The molecular weight excluding hydrogens is 264 g/mol. The van der Waals surface area contributed by atoms with Crippen LogP contribution in [0.4, 0.5) is 0 Å². The minimum absolute atomic E-state index is 0.0579. The number of hydrogen-bond acceptors (Lipinski definition) is 3. The molecule has 1 N–H and O–H groups in total. The predicted molar refractivity (Wildman–Crippen MR) is 82.2 cm³/mol. The van der Waals surface area contributed by atoms with Crippen molar-refractivity contribution >= 4 is 16.7 Å². The SMILES string of the molecule is CC(=O)N[C@H]1CC[C@H](Oc2ccc3cnccc3c2)CC1. The molecule has 1 aliphatic rings. The molecule has 1 saturated carbocycles. The fourth-order valence-electron chi connectivity index (χ4n) is 2.94. The van der Waals surface area contributed by atoms with Crippen molar-refractivity contribution in [2.45, 2.75) is 44.8 Å². The van der Waals surface area contributed by atoms with Crippen LogP contribution in [0, 0.1) is 0 Å². The molecule has 1 aromatic heterocycles. The summed E-state index contributed by atoms with van der Waals surface area (Å²) in [5.41, 5.74) is 0. The summed E-state index contributed by atoms with van der Waals surface area (Å²) in [7, 11) is 0. The van der Waals surface area contributed by atoms with Gasteiger partial charge in [-0.1, -0.05) is 0 Å². The molecule has 0 bridgehead atoms. The van der Waals surface area contributed by atoms with Crippen LogP contribution in [-0.2, 0) is 4.79 Å². The first kappa shape index (κ1) is 13.9. The van der Waals surface area contributed by atoms with Crippen molar-refractivity contribution in [2.24, 2.45) is 0 Å². The van der Waals surface area contributed by atoms with Gasteiger partial charge < -0.3 is 10.1 Å². The largest absolute Gasteiger partial charge is 0.490 e. The first-order chi connectivity index (χ1) is 10.2. The lowest BCUT2D eigenvalue weighted by atomic mass is 9.93. The highest BCUT2D eigenvalue weighted by molar-refractivity contribution is 5.82. The summed E-state index contributed by atoms with van der Waals surface area (Å²) in [5, 5.41) is 5.26. The molecule has 2 aromatic rings. The molecule has 4 nitrogen and oxygen atoms in total. The third-order valence-corrected chi connectivity index (χ3v) is 4.00. The van der Waals surface area contributed by atoms with E-state index in [1.807, 2.05) is 24.4 Å². The van der Waals surface area contributed by atoms with E-state index in [0.29, 0.717) is 6.04 Å². The van der Waals surface area contributed by atoms with Crippen LogP contribution in [0.25, 0.3) is 10.8 Å². The zero-order valence-corrected chi connectivity index (χ0v) is 12.2. The minimum Gasteiger partial charge on any atom is -0.490 e. The molecule has 1 amide bonds. The van der Waals surface area contributed by atoms with Crippen molar-refractivity contribution in [1.82, 2.24) is 10.3 Å². The molecule has 0 aliphatic heterocycles. The van der Waals surface area contributed by atoms with E-state index in [1.165, 1.54) is 0 Å². The molecule has 110 valence electrons. The Morgan fingerprint density at radius 3 is 2.76 bits per heavy atom. The van der Waals surface area contributed by atoms with Crippen molar-refractivity contribution in [3.63, 3.8) is 0 Å². The fourth-order valence-corrected chi connectivity index (χ4v) is 2.94. The van der Waals surface area contributed by atoms with E-state index in [-0.39, 0.29) is 12.0 Å². The van der Waals surface area contributed by atoms with Crippen LogP contribution in [0.15, 0.2) is 36.7 Å². The van der Waals surface area contributed by atoms with Crippen LogP contribution in [0.1, 0.15) is 32.6 Å². The van der Waals surface area contributed by atoms with Gasteiger partial charge in [-0.2, -0.15) is 0 Å². The maximum atomic E-state index is 11.1. The summed E-state index contributed by atoms with van der Waals surface area (Å²) in [6, 6.07) is 8.42. The molecule has 0 atom stereocenters. The highest BCUT2D eigenvalue weighted by Gasteiger charge is 2.22. The Bertz CT molecular complexity index is 633. The van der Waals surface area contributed by atoms with Crippen LogP contribution in [0.3, 0.4) is 0 Å². The van der Waals surface area contributed by atoms with Crippen molar-refractivity contribution < 1.29 is 9.53 Å². The molecule has 0 spiro atoms. The van der Waals surface area contributed by atoms with E-state index in [9.17, 15) is 4.79 Å². The van der Waals surface area contributed by atoms with Gasteiger partial charge in [0, 0.05) is 30.7 Å². The Morgan fingerprint density at radius 2 is 2.00 bits per heavy atom. The minimum atomic E-state index is 0.0579.